The summed E-state index contributed by atoms with van der Waals surface area (Å²) in [5.41, 5.74) is 2.41. The van der Waals surface area contributed by atoms with Gasteiger partial charge in [0.25, 0.3) is 0 Å². The van der Waals surface area contributed by atoms with Crippen LogP contribution in [0.1, 0.15) is 30.9 Å². The number of guanidine groups is 1. The third-order valence-corrected chi connectivity index (χ3v) is 3.48. The molecule has 23 heavy (non-hydrogen) atoms. The molecular formula is C16H23IN6. The molecule has 0 radical (unpaired) electrons. The monoisotopic (exact) mass is 426 g/mol. The lowest BCUT2D eigenvalue weighted by Crippen LogP contribution is -2.38. The van der Waals surface area contributed by atoms with Crippen LogP contribution in [0.25, 0.3) is 0 Å². The highest BCUT2D eigenvalue weighted by Gasteiger charge is 2.21. The molecule has 1 aromatic heterocycles. The molecule has 124 valence electrons. The summed E-state index contributed by atoms with van der Waals surface area (Å²) in [6.45, 7) is 4.37. The number of hydrogen-bond donors (Lipinski definition) is 2. The van der Waals surface area contributed by atoms with Crippen LogP contribution in [0.3, 0.4) is 0 Å². The van der Waals surface area contributed by atoms with Crippen LogP contribution < -0.4 is 10.6 Å². The Morgan fingerprint density at radius 1 is 1.35 bits per heavy atom. The van der Waals surface area contributed by atoms with E-state index in [9.17, 15) is 0 Å². The van der Waals surface area contributed by atoms with Gasteiger partial charge in [-0.3, -0.25) is 0 Å². The Morgan fingerprint density at radius 2 is 2.17 bits per heavy atom. The fourth-order valence-electron chi connectivity index (χ4n) is 2.24. The Hall–Kier alpha value is -1.64. The highest BCUT2D eigenvalue weighted by Crippen LogP contribution is 2.18. The van der Waals surface area contributed by atoms with Gasteiger partial charge < -0.3 is 10.6 Å². The van der Waals surface area contributed by atoms with Gasteiger partial charge in [0.05, 0.1) is 13.1 Å². The lowest BCUT2D eigenvalue weighted by atomic mass is 10.1. The minimum Gasteiger partial charge on any atom is -0.357 e. The molecule has 3 rings (SSSR count). The summed E-state index contributed by atoms with van der Waals surface area (Å²) < 4.78 is 1.82. The summed E-state index contributed by atoms with van der Waals surface area (Å²) in [5, 5.41) is 10.9. The van der Waals surface area contributed by atoms with Gasteiger partial charge in [-0.25, -0.2) is 14.7 Å². The van der Waals surface area contributed by atoms with Crippen molar-refractivity contribution in [2.45, 2.75) is 38.9 Å². The van der Waals surface area contributed by atoms with Gasteiger partial charge in [0.1, 0.15) is 12.7 Å². The average Bonchev–Trinajstić information content (AvgIpc) is 3.19. The molecule has 0 unspecified atom stereocenters. The summed E-state index contributed by atoms with van der Waals surface area (Å²) in [5.74, 6) is 0.909. The Morgan fingerprint density at radius 3 is 2.87 bits per heavy atom. The average molecular weight is 426 g/mol. The first kappa shape index (κ1) is 17.7. The highest BCUT2D eigenvalue weighted by atomic mass is 127. The molecule has 6 nitrogen and oxygen atoms in total. The van der Waals surface area contributed by atoms with Crippen LogP contribution >= 0.6 is 24.0 Å². The van der Waals surface area contributed by atoms with Crippen molar-refractivity contribution in [3.63, 3.8) is 0 Å². The van der Waals surface area contributed by atoms with E-state index in [1.807, 2.05) is 4.68 Å². The number of aliphatic imine (C=N–C) groups is 1. The summed E-state index contributed by atoms with van der Waals surface area (Å²) in [6, 6.07) is 9.05. The van der Waals surface area contributed by atoms with Crippen LogP contribution in [-0.4, -0.2) is 33.3 Å². The SMILES string of the molecule is CCNC(=NCc1cccc(Cn2cncn2)c1)NC1CC1.I. The normalized spacial score (nSPS) is 14.2. The third-order valence-electron chi connectivity index (χ3n) is 3.48. The summed E-state index contributed by atoms with van der Waals surface area (Å²) >= 11 is 0. The van der Waals surface area contributed by atoms with E-state index in [0.717, 1.165) is 19.0 Å². The maximum Gasteiger partial charge on any atom is 0.191 e. The number of aromatic nitrogens is 3. The van der Waals surface area contributed by atoms with E-state index in [0.29, 0.717) is 12.6 Å². The molecule has 7 heteroatoms. The van der Waals surface area contributed by atoms with Crippen LogP contribution in [-0.2, 0) is 13.1 Å². The Labute approximate surface area is 153 Å². The molecule has 1 saturated carbocycles. The van der Waals surface area contributed by atoms with Gasteiger partial charge in [-0.05, 0) is 30.9 Å². The van der Waals surface area contributed by atoms with Gasteiger partial charge in [-0.2, -0.15) is 5.10 Å². The number of rotatable bonds is 6. The maximum absolute atomic E-state index is 4.66. The molecule has 1 aliphatic rings. The molecule has 1 aliphatic carbocycles. The Kier molecular flexibility index (Phi) is 6.82. The molecule has 0 bridgehead atoms. The molecule has 0 saturated heterocycles. The number of nitrogens with zero attached hydrogens (tertiary/aromatic N) is 4. The van der Waals surface area contributed by atoms with E-state index in [1.54, 1.807) is 12.7 Å². The minimum atomic E-state index is 0. The Bertz CT molecular complexity index is 621. The number of halogens is 1. The first-order chi connectivity index (χ1) is 10.8. The fourth-order valence-corrected chi connectivity index (χ4v) is 2.24. The van der Waals surface area contributed by atoms with Crippen molar-refractivity contribution >= 4 is 29.9 Å². The molecule has 2 N–H and O–H groups in total. The zero-order valence-corrected chi connectivity index (χ0v) is 15.6. The van der Waals surface area contributed by atoms with Gasteiger partial charge in [0.15, 0.2) is 5.96 Å². The van der Waals surface area contributed by atoms with Crippen LogP contribution in [0.15, 0.2) is 41.9 Å². The van der Waals surface area contributed by atoms with Crippen LogP contribution in [0.4, 0.5) is 0 Å². The predicted octanol–water partition coefficient (Wildman–Crippen LogP) is 2.16. The highest BCUT2D eigenvalue weighted by molar-refractivity contribution is 14.0. The van der Waals surface area contributed by atoms with Crippen molar-refractivity contribution in [1.82, 2.24) is 25.4 Å². The standard InChI is InChI=1S/C16H22N6.HI/c1-2-18-16(21-15-6-7-15)19-9-13-4-3-5-14(8-13)10-22-12-17-11-20-22;/h3-5,8,11-12,15H,2,6-7,9-10H2,1H3,(H2,18,19,21);1H. The number of nitrogens with one attached hydrogen (secondary N) is 2. The molecule has 0 amide bonds. The molecule has 0 spiro atoms. The van der Waals surface area contributed by atoms with E-state index >= 15 is 0 Å². The van der Waals surface area contributed by atoms with Crippen molar-refractivity contribution in [3.05, 3.63) is 48.0 Å². The minimum absolute atomic E-state index is 0. The van der Waals surface area contributed by atoms with E-state index < -0.39 is 0 Å². The van der Waals surface area contributed by atoms with Gasteiger partial charge in [-0.15, -0.1) is 24.0 Å². The molecule has 1 fully saturated rings. The van der Waals surface area contributed by atoms with Crippen LogP contribution in [0, 0.1) is 0 Å². The van der Waals surface area contributed by atoms with Gasteiger partial charge in [-0.1, -0.05) is 24.3 Å². The van der Waals surface area contributed by atoms with Crippen LogP contribution in [0.5, 0.6) is 0 Å². The van der Waals surface area contributed by atoms with Crippen molar-refractivity contribution < 1.29 is 0 Å². The number of benzene rings is 1. The predicted molar refractivity (Wildman–Crippen MR) is 102 cm³/mol. The van der Waals surface area contributed by atoms with E-state index in [1.165, 1.54) is 24.0 Å². The lowest BCUT2D eigenvalue weighted by Gasteiger charge is -2.10. The second-order valence-electron chi connectivity index (χ2n) is 5.53. The molecule has 1 aromatic carbocycles. The molecule has 1 heterocycles. The fraction of sp³-hybridized carbons (Fsp3) is 0.438. The van der Waals surface area contributed by atoms with Crippen molar-refractivity contribution in [3.8, 4) is 0 Å². The second-order valence-corrected chi connectivity index (χ2v) is 5.53. The third kappa shape index (κ3) is 5.81. The molecular weight excluding hydrogens is 403 g/mol. The molecule has 2 aromatic rings. The van der Waals surface area contributed by atoms with E-state index in [4.69, 9.17) is 0 Å². The topological polar surface area (TPSA) is 67.1 Å². The zero-order chi connectivity index (χ0) is 15.2. The summed E-state index contributed by atoms with van der Waals surface area (Å²) in [7, 11) is 0. The van der Waals surface area contributed by atoms with Gasteiger partial charge in [0.2, 0.25) is 0 Å². The zero-order valence-electron chi connectivity index (χ0n) is 13.3. The van der Waals surface area contributed by atoms with Gasteiger partial charge in [0, 0.05) is 12.6 Å². The van der Waals surface area contributed by atoms with E-state index in [2.05, 4.69) is 56.9 Å². The first-order valence-electron chi connectivity index (χ1n) is 7.78. The molecule has 0 atom stereocenters. The largest absolute Gasteiger partial charge is 0.357 e. The number of hydrogen-bond acceptors (Lipinski definition) is 3. The smallest absolute Gasteiger partial charge is 0.191 e. The van der Waals surface area contributed by atoms with E-state index in [-0.39, 0.29) is 24.0 Å². The van der Waals surface area contributed by atoms with Crippen molar-refractivity contribution in [2.75, 3.05) is 6.54 Å². The lowest BCUT2D eigenvalue weighted by molar-refractivity contribution is 0.684. The quantitative estimate of drug-likeness (QED) is 0.422. The molecule has 0 aliphatic heterocycles. The summed E-state index contributed by atoms with van der Waals surface area (Å²) in [6.07, 6.45) is 5.78. The maximum atomic E-state index is 4.66. The second kappa shape index (κ2) is 8.85. The first-order valence-corrected chi connectivity index (χ1v) is 7.78. The van der Waals surface area contributed by atoms with Crippen LogP contribution in [0.2, 0.25) is 0 Å². The van der Waals surface area contributed by atoms with Crippen molar-refractivity contribution in [1.29, 1.82) is 0 Å². The van der Waals surface area contributed by atoms with Crippen molar-refractivity contribution in [2.24, 2.45) is 4.99 Å². The Balaban J connectivity index is 0.00000192. The summed E-state index contributed by atoms with van der Waals surface area (Å²) in [4.78, 5) is 8.63. The van der Waals surface area contributed by atoms with Gasteiger partial charge >= 0.3 is 0 Å².